The third-order valence-electron chi connectivity index (χ3n) is 2.64. The molecule has 20 heavy (non-hydrogen) atoms. The first kappa shape index (κ1) is 16.5. The molecule has 0 bridgehead atoms. The molecule has 112 valence electrons. The van der Waals surface area contributed by atoms with Crippen molar-refractivity contribution >= 4 is 5.78 Å². The van der Waals surface area contributed by atoms with Crippen molar-refractivity contribution in [2.75, 3.05) is 0 Å². The second-order valence-electron chi connectivity index (χ2n) is 4.66. The fourth-order valence-electron chi connectivity index (χ4n) is 2.02. The Morgan fingerprint density at radius 2 is 1.35 bits per heavy atom. The number of benzene rings is 1. The van der Waals surface area contributed by atoms with Crippen molar-refractivity contribution in [3.8, 4) is 0 Å². The van der Waals surface area contributed by atoms with Gasteiger partial charge in [-0.2, -0.15) is 26.3 Å². The molecule has 0 N–H and O–H groups in total. The molecule has 0 aromatic heterocycles. The van der Waals surface area contributed by atoms with Gasteiger partial charge in [0, 0.05) is 6.42 Å². The van der Waals surface area contributed by atoms with E-state index in [1.165, 1.54) is 12.1 Å². The summed E-state index contributed by atoms with van der Waals surface area (Å²) >= 11 is 0. The Morgan fingerprint density at radius 3 is 1.70 bits per heavy atom. The van der Waals surface area contributed by atoms with Gasteiger partial charge in [0.2, 0.25) is 5.92 Å². The summed E-state index contributed by atoms with van der Waals surface area (Å²) in [5, 5.41) is 0. The first-order valence-electron chi connectivity index (χ1n) is 5.64. The SMILES string of the molecule is Cc1cc(C)cc(CC(=O)C(C(F)(F)F)C(F)(F)F)c1. The van der Waals surface area contributed by atoms with Crippen LogP contribution in [0.2, 0.25) is 0 Å². The van der Waals surface area contributed by atoms with Crippen LogP contribution in [-0.2, 0) is 11.2 Å². The maximum absolute atomic E-state index is 12.4. The number of alkyl halides is 6. The normalized spacial score (nSPS) is 12.8. The van der Waals surface area contributed by atoms with Gasteiger partial charge >= 0.3 is 12.4 Å². The molecule has 0 radical (unpaired) electrons. The fourth-order valence-corrected chi connectivity index (χ4v) is 2.02. The van der Waals surface area contributed by atoms with E-state index in [0.717, 1.165) is 0 Å². The maximum Gasteiger partial charge on any atom is 0.407 e. The summed E-state index contributed by atoms with van der Waals surface area (Å²) in [6.45, 7) is 3.29. The first-order valence-corrected chi connectivity index (χ1v) is 5.64. The van der Waals surface area contributed by atoms with Crippen molar-refractivity contribution in [3.63, 3.8) is 0 Å². The third kappa shape index (κ3) is 4.25. The average molecular weight is 298 g/mol. The zero-order chi connectivity index (χ0) is 15.7. The standard InChI is InChI=1S/C13H12F6O/c1-7-3-8(2)5-9(4-7)6-10(20)11(12(14,15)16)13(17,18)19/h3-5,11H,6H2,1-2H3. The summed E-state index contributed by atoms with van der Waals surface area (Å²) in [6.07, 6.45) is -12.2. The number of rotatable bonds is 3. The van der Waals surface area contributed by atoms with Crippen LogP contribution < -0.4 is 0 Å². The van der Waals surface area contributed by atoms with Gasteiger partial charge < -0.3 is 0 Å². The van der Waals surface area contributed by atoms with Crippen LogP contribution in [0.5, 0.6) is 0 Å². The van der Waals surface area contributed by atoms with Crippen molar-refractivity contribution in [3.05, 3.63) is 34.9 Å². The lowest BCUT2D eigenvalue weighted by atomic mass is 9.95. The molecule has 1 nitrogen and oxygen atoms in total. The molecule has 0 atom stereocenters. The molecule has 1 rings (SSSR count). The largest absolute Gasteiger partial charge is 0.407 e. The molecule has 0 amide bonds. The van der Waals surface area contributed by atoms with Crippen molar-refractivity contribution in [2.45, 2.75) is 32.6 Å². The van der Waals surface area contributed by atoms with Crippen LogP contribution in [0.15, 0.2) is 18.2 Å². The van der Waals surface area contributed by atoms with E-state index in [4.69, 9.17) is 0 Å². The predicted octanol–water partition coefficient (Wildman–Crippen LogP) is 4.16. The zero-order valence-electron chi connectivity index (χ0n) is 10.7. The molecule has 1 aromatic rings. The predicted molar refractivity (Wildman–Crippen MR) is 60.2 cm³/mol. The number of hydrogen-bond donors (Lipinski definition) is 0. The van der Waals surface area contributed by atoms with Gasteiger partial charge in [0.25, 0.3) is 0 Å². The summed E-state index contributed by atoms with van der Waals surface area (Å²) in [4.78, 5) is 11.4. The van der Waals surface area contributed by atoms with E-state index in [0.29, 0.717) is 11.1 Å². The van der Waals surface area contributed by atoms with Crippen LogP contribution in [0.4, 0.5) is 26.3 Å². The Morgan fingerprint density at radius 1 is 0.950 bits per heavy atom. The van der Waals surface area contributed by atoms with E-state index < -0.39 is 30.5 Å². The Balaban J connectivity index is 3.03. The molecule has 0 aliphatic heterocycles. The van der Waals surface area contributed by atoms with Crippen LogP contribution in [-0.4, -0.2) is 18.1 Å². The molecule has 0 spiro atoms. The summed E-state index contributed by atoms with van der Waals surface area (Å²) in [5.41, 5.74) is 1.48. The Hall–Kier alpha value is -1.53. The van der Waals surface area contributed by atoms with E-state index in [2.05, 4.69) is 0 Å². The molecule has 1 aromatic carbocycles. The third-order valence-corrected chi connectivity index (χ3v) is 2.64. The topological polar surface area (TPSA) is 17.1 Å². The molecule has 0 fully saturated rings. The van der Waals surface area contributed by atoms with Crippen LogP contribution in [0, 0.1) is 19.8 Å². The summed E-state index contributed by atoms with van der Waals surface area (Å²) < 4.78 is 74.3. The highest BCUT2D eigenvalue weighted by Gasteiger charge is 2.60. The number of hydrogen-bond acceptors (Lipinski definition) is 1. The molecule has 0 aliphatic rings. The number of carbonyl (C=O) groups is 1. The number of aryl methyl sites for hydroxylation is 2. The van der Waals surface area contributed by atoms with Gasteiger partial charge in [-0.3, -0.25) is 4.79 Å². The number of Topliss-reactive ketones (excluding diaryl/α,β-unsaturated/α-hetero) is 1. The molecular formula is C13H12F6O. The average Bonchev–Trinajstić information content (AvgIpc) is 2.08. The minimum Gasteiger partial charge on any atom is -0.298 e. The van der Waals surface area contributed by atoms with E-state index in [9.17, 15) is 31.1 Å². The highest BCUT2D eigenvalue weighted by Crippen LogP contribution is 2.40. The van der Waals surface area contributed by atoms with Crippen molar-refractivity contribution in [1.29, 1.82) is 0 Å². The maximum atomic E-state index is 12.4. The van der Waals surface area contributed by atoms with Gasteiger partial charge in [0.05, 0.1) is 0 Å². The lowest BCUT2D eigenvalue weighted by molar-refractivity contribution is -0.273. The van der Waals surface area contributed by atoms with E-state index in [1.807, 2.05) is 0 Å². The van der Waals surface area contributed by atoms with Crippen LogP contribution >= 0.6 is 0 Å². The van der Waals surface area contributed by atoms with E-state index in [-0.39, 0.29) is 5.56 Å². The minimum absolute atomic E-state index is 0.144. The smallest absolute Gasteiger partial charge is 0.298 e. The van der Waals surface area contributed by atoms with Crippen molar-refractivity contribution < 1.29 is 31.1 Å². The highest BCUT2D eigenvalue weighted by molar-refractivity contribution is 5.84. The molecule has 0 heterocycles. The lowest BCUT2D eigenvalue weighted by Crippen LogP contribution is -2.43. The van der Waals surface area contributed by atoms with E-state index in [1.54, 1.807) is 19.9 Å². The van der Waals surface area contributed by atoms with Gasteiger partial charge in [-0.25, -0.2) is 0 Å². The molecule has 7 heteroatoms. The quantitative estimate of drug-likeness (QED) is 0.766. The van der Waals surface area contributed by atoms with Crippen molar-refractivity contribution in [1.82, 2.24) is 0 Å². The molecule has 0 saturated carbocycles. The van der Waals surface area contributed by atoms with Crippen LogP contribution in [0.1, 0.15) is 16.7 Å². The monoisotopic (exact) mass is 298 g/mol. The highest BCUT2D eigenvalue weighted by atomic mass is 19.4. The second kappa shape index (κ2) is 5.46. The number of ketones is 1. The van der Waals surface area contributed by atoms with Gasteiger partial charge in [0.1, 0.15) is 0 Å². The van der Waals surface area contributed by atoms with Gasteiger partial charge in [-0.1, -0.05) is 29.3 Å². The Labute approximate surface area is 111 Å². The number of halogens is 6. The molecule has 0 saturated heterocycles. The molecule has 0 aliphatic carbocycles. The van der Waals surface area contributed by atoms with Crippen LogP contribution in [0.25, 0.3) is 0 Å². The van der Waals surface area contributed by atoms with E-state index >= 15 is 0 Å². The number of carbonyl (C=O) groups excluding carboxylic acids is 1. The Kier molecular flexibility index (Phi) is 4.51. The van der Waals surface area contributed by atoms with Crippen LogP contribution in [0.3, 0.4) is 0 Å². The fraction of sp³-hybridized carbons (Fsp3) is 0.462. The first-order chi connectivity index (χ1) is 8.91. The van der Waals surface area contributed by atoms with Crippen molar-refractivity contribution in [2.24, 2.45) is 5.92 Å². The lowest BCUT2D eigenvalue weighted by Gasteiger charge is -2.21. The summed E-state index contributed by atoms with van der Waals surface area (Å²) in [6, 6.07) is 4.50. The van der Waals surface area contributed by atoms with Gasteiger partial charge in [0.15, 0.2) is 5.78 Å². The Bertz CT molecular complexity index is 466. The van der Waals surface area contributed by atoms with Gasteiger partial charge in [-0.15, -0.1) is 0 Å². The summed E-state index contributed by atoms with van der Waals surface area (Å²) in [7, 11) is 0. The second-order valence-corrected chi connectivity index (χ2v) is 4.66. The molecular weight excluding hydrogens is 286 g/mol. The molecule has 0 unspecified atom stereocenters. The summed E-state index contributed by atoms with van der Waals surface area (Å²) in [5.74, 6) is -5.83. The minimum atomic E-state index is -5.63. The zero-order valence-corrected chi connectivity index (χ0v) is 10.7. The van der Waals surface area contributed by atoms with Gasteiger partial charge in [-0.05, 0) is 19.4 Å².